The smallest absolute Gasteiger partial charge is 0.238 e. The van der Waals surface area contributed by atoms with Gasteiger partial charge in [0.25, 0.3) is 0 Å². The van der Waals surface area contributed by atoms with Gasteiger partial charge in [-0.3, -0.25) is 14.3 Å². The lowest BCUT2D eigenvalue weighted by atomic mass is 10.1. The molecule has 13 heteroatoms. The van der Waals surface area contributed by atoms with Crippen molar-refractivity contribution in [3.05, 3.63) is 23.9 Å². The molecule has 1 N–H and O–H groups in total. The van der Waals surface area contributed by atoms with Gasteiger partial charge in [0, 0.05) is 20.1 Å². The van der Waals surface area contributed by atoms with E-state index in [9.17, 15) is 8.42 Å². The summed E-state index contributed by atoms with van der Waals surface area (Å²) in [6.45, 7) is 5.96. The molecule has 1 fully saturated rings. The Morgan fingerprint density at radius 3 is 2.35 bits per heavy atom. The highest BCUT2D eigenvalue weighted by atomic mass is 32.2. The minimum Gasteiger partial charge on any atom is -0.480 e. The van der Waals surface area contributed by atoms with Crippen molar-refractivity contribution in [3.8, 4) is 5.88 Å². The van der Waals surface area contributed by atoms with E-state index in [4.69, 9.17) is 18.9 Å². The number of hydrogen-bond donors (Lipinski definition) is 1. The van der Waals surface area contributed by atoms with Crippen LogP contribution in [0.25, 0.3) is 0 Å². The second-order valence-electron chi connectivity index (χ2n) is 8.45. The fraction of sp³-hybridized carbons (Fsp3) is 0.714. The van der Waals surface area contributed by atoms with Gasteiger partial charge in [0.1, 0.15) is 6.10 Å². The summed E-state index contributed by atoms with van der Waals surface area (Å²) in [7, 11) is 0.762. The molecule has 0 radical (unpaired) electrons. The number of ether oxygens (including phenoxy) is 4. The van der Waals surface area contributed by atoms with Gasteiger partial charge in [0.05, 0.1) is 55.8 Å². The first-order valence-electron chi connectivity index (χ1n) is 11.2. The van der Waals surface area contributed by atoms with E-state index in [1.165, 1.54) is 19.5 Å². The normalized spacial score (nSPS) is 20.4. The van der Waals surface area contributed by atoms with Crippen LogP contribution >= 0.6 is 0 Å². The minimum absolute atomic E-state index is 0.0880. The van der Waals surface area contributed by atoms with Crippen LogP contribution in [-0.4, -0.2) is 79.0 Å². The molecule has 34 heavy (non-hydrogen) atoms. The van der Waals surface area contributed by atoms with Crippen LogP contribution in [0.1, 0.15) is 63.2 Å². The molecule has 1 saturated heterocycles. The van der Waals surface area contributed by atoms with E-state index in [1.807, 2.05) is 6.92 Å². The molecule has 1 aliphatic rings. The molecule has 0 bridgehead atoms. The fourth-order valence-corrected chi connectivity index (χ4v) is 5.18. The summed E-state index contributed by atoms with van der Waals surface area (Å²) in [5.74, 6) is 0.551. The van der Waals surface area contributed by atoms with Crippen molar-refractivity contribution in [3.63, 3.8) is 0 Å². The SMILES string of the molecule is COCC(COC)n1c(NS(=O)(=O)[C@@H](C)[C@H](C)c2cnc(OC)cn2)nnc1[C@H]1CC[C@@H](C)O1. The van der Waals surface area contributed by atoms with Crippen molar-refractivity contribution >= 4 is 16.0 Å². The van der Waals surface area contributed by atoms with E-state index in [0.717, 1.165) is 12.8 Å². The molecule has 0 aliphatic carbocycles. The van der Waals surface area contributed by atoms with Crippen molar-refractivity contribution < 1.29 is 27.4 Å². The molecule has 0 spiro atoms. The highest BCUT2D eigenvalue weighted by Crippen LogP contribution is 2.35. The maximum atomic E-state index is 13.4. The molecule has 190 valence electrons. The molecule has 0 saturated carbocycles. The predicted octanol–water partition coefficient (Wildman–Crippen LogP) is 2.08. The third-order valence-electron chi connectivity index (χ3n) is 6.08. The number of sulfonamides is 1. The molecular weight excluding hydrogens is 464 g/mol. The van der Waals surface area contributed by atoms with E-state index in [-0.39, 0.29) is 37.4 Å². The van der Waals surface area contributed by atoms with Crippen LogP contribution in [0.4, 0.5) is 5.95 Å². The minimum atomic E-state index is -3.88. The summed E-state index contributed by atoms with van der Waals surface area (Å²) in [6, 6.07) is -0.350. The Morgan fingerprint density at radius 1 is 1.12 bits per heavy atom. The lowest BCUT2D eigenvalue weighted by Crippen LogP contribution is -2.32. The van der Waals surface area contributed by atoms with Crippen LogP contribution in [0.3, 0.4) is 0 Å². The number of nitrogens with zero attached hydrogens (tertiary/aromatic N) is 5. The molecule has 3 rings (SSSR count). The van der Waals surface area contributed by atoms with E-state index in [0.29, 0.717) is 17.4 Å². The highest BCUT2D eigenvalue weighted by molar-refractivity contribution is 7.93. The van der Waals surface area contributed by atoms with Gasteiger partial charge in [-0.15, -0.1) is 10.2 Å². The average molecular weight is 499 g/mol. The predicted molar refractivity (Wildman–Crippen MR) is 124 cm³/mol. The van der Waals surface area contributed by atoms with E-state index >= 15 is 0 Å². The Bertz CT molecular complexity index is 1020. The van der Waals surface area contributed by atoms with Crippen LogP contribution in [0, 0.1) is 0 Å². The van der Waals surface area contributed by atoms with E-state index < -0.39 is 21.2 Å². The fourth-order valence-electron chi connectivity index (χ4n) is 3.92. The van der Waals surface area contributed by atoms with Gasteiger partial charge >= 0.3 is 0 Å². The molecule has 2 aromatic heterocycles. The molecule has 0 aromatic carbocycles. The number of methoxy groups -OCH3 is 3. The zero-order chi connectivity index (χ0) is 24.9. The number of aromatic nitrogens is 5. The average Bonchev–Trinajstić information content (AvgIpc) is 3.43. The second kappa shape index (κ2) is 11.4. The van der Waals surface area contributed by atoms with E-state index in [2.05, 4.69) is 24.9 Å². The maximum absolute atomic E-state index is 13.4. The van der Waals surface area contributed by atoms with Gasteiger partial charge in [-0.05, 0) is 26.7 Å². The number of hydrogen-bond acceptors (Lipinski definition) is 10. The Balaban J connectivity index is 1.90. The second-order valence-corrected chi connectivity index (χ2v) is 10.5. The van der Waals surface area contributed by atoms with Crippen LogP contribution in [0.15, 0.2) is 12.4 Å². The Morgan fingerprint density at radius 2 is 1.82 bits per heavy atom. The highest BCUT2D eigenvalue weighted by Gasteiger charge is 2.35. The number of anilines is 1. The first-order valence-corrected chi connectivity index (χ1v) is 12.7. The molecule has 4 atom stereocenters. The summed E-state index contributed by atoms with van der Waals surface area (Å²) in [4.78, 5) is 8.42. The van der Waals surface area contributed by atoms with Gasteiger partial charge in [-0.2, -0.15) is 0 Å². The topological polar surface area (TPSA) is 140 Å². The molecule has 1 aliphatic heterocycles. The van der Waals surface area contributed by atoms with Gasteiger partial charge in [0.2, 0.25) is 21.9 Å². The molecule has 0 unspecified atom stereocenters. The van der Waals surface area contributed by atoms with E-state index in [1.54, 1.807) is 32.6 Å². The quantitative estimate of drug-likeness (QED) is 0.462. The standard InChI is InChI=1S/C21H34N6O6S/c1-13-7-8-18(33-13)20-24-25-21(27(20)16(11-30-4)12-31-5)26-34(28,29)15(3)14(2)17-9-23-19(32-6)10-22-17/h9-10,13-16,18H,7-8,11-12H2,1-6H3,(H,25,26)/t13-,14+,15+,18-/m1/s1. The van der Waals surface area contributed by atoms with Crippen molar-refractivity contribution in [2.75, 3.05) is 39.3 Å². The lowest BCUT2D eigenvalue weighted by molar-refractivity contribution is 0.0406. The summed E-state index contributed by atoms with van der Waals surface area (Å²) in [5, 5.41) is 7.64. The monoisotopic (exact) mass is 498 g/mol. The van der Waals surface area contributed by atoms with Crippen LogP contribution < -0.4 is 9.46 Å². The largest absolute Gasteiger partial charge is 0.480 e. The third kappa shape index (κ3) is 5.82. The zero-order valence-electron chi connectivity index (χ0n) is 20.5. The Labute approximate surface area is 200 Å². The van der Waals surface area contributed by atoms with Gasteiger partial charge in [0.15, 0.2) is 5.82 Å². The number of rotatable bonds is 12. The van der Waals surface area contributed by atoms with Crippen molar-refractivity contribution in [1.82, 2.24) is 24.7 Å². The first-order chi connectivity index (χ1) is 16.2. The van der Waals surface area contributed by atoms with Crippen molar-refractivity contribution in [1.29, 1.82) is 0 Å². The first kappa shape index (κ1) is 26.3. The lowest BCUT2D eigenvalue weighted by Gasteiger charge is -2.24. The van der Waals surface area contributed by atoms with Gasteiger partial charge < -0.3 is 18.9 Å². The Hall–Kier alpha value is -2.35. The maximum Gasteiger partial charge on any atom is 0.238 e. The van der Waals surface area contributed by atoms with Gasteiger partial charge in [-0.1, -0.05) is 6.92 Å². The van der Waals surface area contributed by atoms with Crippen LogP contribution in [0.2, 0.25) is 0 Å². The van der Waals surface area contributed by atoms with Crippen molar-refractivity contribution in [2.45, 2.75) is 63.0 Å². The molecule has 12 nitrogen and oxygen atoms in total. The third-order valence-corrected chi connectivity index (χ3v) is 7.93. The summed E-state index contributed by atoms with van der Waals surface area (Å²) < 4.78 is 52.8. The number of nitrogens with one attached hydrogen (secondary N) is 1. The van der Waals surface area contributed by atoms with Crippen LogP contribution in [0.5, 0.6) is 5.88 Å². The molecule has 2 aromatic rings. The molecule has 0 amide bonds. The summed E-state index contributed by atoms with van der Waals surface area (Å²) in [6.07, 6.45) is 4.43. The zero-order valence-corrected chi connectivity index (χ0v) is 21.3. The Kier molecular flexibility index (Phi) is 8.79. The molecular formula is C21H34N6O6S. The van der Waals surface area contributed by atoms with Crippen molar-refractivity contribution in [2.24, 2.45) is 0 Å². The summed E-state index contributed by atoms with van der Waals surface area (Å²) in [5.41, 5.74) is 0.533. The van der Waals surface area contributed by atoms with Gasteiger partial charge in [-0.25, -0.2) is 13.4 Å². The van der Waals surface area contributed by atoms with Crippen LogP contribution in [-0.2, 0) is 24.2 Å². The summed E-state index contributed by atoms with van der Waals surface area (Å²) >= 11 is 0. The molecule has 3 heterocycles.